The van der Waals surface area contributed by atoms with Crippen LogP contribution in [0.15, 0.2) is 65.6 Å². The summed E-state index contributed by atoms with van der Waals surface area (Å²) in [5, 5.41) is 5.56. The number of carbonyl (C=O) groups excluding carboxylic acids is 2. The minimum atomic E-state index is -3.34. The average Bonchev–Trinajstić information content (AvgIpc) is 3.64. The van der Waals surface area contributed by atoms with Crippen molar-refractivity contribution in [2.24, 2.45) is 5.92 Å². The van der Waals surface area contributed by atoms with Crippen LogP contribution in [0.2, 0.25) is 5.02 Å². The summed E-state index contributed by atoms with van der Waals surface area (Å²) >= 11 is 6.32. The maximum atomic E-state index is 15.6. The second kappa shape index (κ2) is 10.8. The highest BCUT2D eigenvalue weighted by molar-refractivity contribution is 7.91. The summed E-state index contributed by atoms with van der Waals surface area (Å²) in [5.74, 6) is -1.40. The lowest BCUT2D eigenvalue weighted by Crippen LogP contribution is -2.24. The van der Waals surface area contributed by atoms with E-state index in [1.165, 1.54) is 24.3 Å². The Morgan fingerprint density at radius 2 is 1.72 bits per heavy atom. The van der Waals surface area contributed by atoms with Crippen LogP contribution >= 0.6 is 11.6 Å². The molecule has 9 heteroatoms. The molecule has 1 saturated carbocycles. The molecule has 0 spiro atoms. The Labute approximate surface area is 214 Å². The maximum Gasteiger partial charge on any atom is 0.254 e. The van der Waals surface area contributed by atoms with E-state index in [0.29, 0.717) is 17.7 Å². The van der Waals surface area contributed by atoms with E-state index in [-0.39, 0.29) is 44.8 Å². The lowest BCUT2D eigenvalue weighted by atomic mass is 9.99. The molecule has 36 heavy (non-hydrogen) atoms. The quantitative estimate of drug-likeness (QED) is 0.396. The standard InChI is InChI=1S/C27H26ClFN2O4S/c1-2-30-27(33)21-13-14-23(25(26(21)29)20-5-3-4-6-22(20)28)31-24(32)15-17-9-11-19(12-10-17)36(34,35)16-18-7-8-18/h3-6,9-14,18H,2,7-8,15-16H2,1H3,(H,30,33)(H,31,32). The molecular formula is C27H26ClFN2O4S. The topological polar surface area (TPSA) is 92.3 Å². The summed E-state index contributed by atoms with van der Waals surface area (Å²) in [6.45, 7) is 2.06. The zero-order chi connectivity index (χ0) is 25.9. The molecule has 188 valence electrons. The van der Waals surface area contributed by atoms with Crippen molar-refractivity contribution in [1.29, 1.82) is 0 Å². The molecule has 0 aliphatic heterocycles. The van der Waals surface area contributed by atoms with E-state index >= 15 is 4.39 Å². The number of sulfone groups is 1. The number of halogens is 2. The fourth-order valence-corrected chi connectivity index (χ4v) is 5.85. The normalized spacial score (nSPS) is 13.3. The number of hydrogen-bond acceptors (Lipinski definition) is 4. The summed E-state index contributed by atoms with van der Waals surface area (Å²) < 4.78 is 40.5. The van der Waals surface area contributed by atoms with E-state index in [0.717, 1.165) is 12.8 Å². The van der Waals surface area contributed by atoms with Crippen LogP contribution in [0.1, 0.15) is 35.7 Å². The summed E-state index contributed by atoms with van der Waals surface area (Å²) in [6, 6.07) is 15.6. The van der Waals surface area contributed by atoms with Crippen molar-refractivity contribution in [3.63, 3.8) is 0 Å². The Bertz CT molecular complexity index is 1400. The number of nitrogens with one attached hydrogen (secondary N) is 2. The Hall–Kier alpha value is -3.23. The van der Waals surface area contributed by atoms with Gasteiger partial charge in [-0.3, -0.25) is 9.59 Å². The van der Waals surface area contributed by atoms with Gasteiger partial charge in [-0.2, -0.15) is 0 Å². The highest BCUT2D eigenvalue weighted by Gasteiger charge is 2.29. The van der Waals surface area contributed by atoms with E-state index in [4.69, 9.17) is 11.6 Å². The largest absolute Gasteiger partial charge is 0.352 e. The molecule has 0 atom stereocenters. The molecule has 0 aromatic heterocycles. The van der Waals surface area contributed by atoms with Gasteiger partial charge in [0.25, 0.3) is 5.91 Å². The maximum absolute atomic E-state index is 15.6. The van der Waals surface area contributed by atoms with Crippen LogP contribution in [0.25, 0.3) is 11.1 Å². The molecule has 3 aromatic carbocycles. The Morgan fingerprint density at radius 1 is 1.03 bits per heavy atom. The van der Waals surface area contributed by atoms with Crippen molar-refractivity contribution < 1.29 is 22.4 Å². The molecule has 3 aromatic rings. The number of benzene rings is 3. The van der Waals surface area contributed by atoms with Gasteiger partial charge in [0.1, 0.15) is 5.82 Å². The van der Waals surface area contributed by atoms with Gasteiger partial charge >= 0.3 is 0 Å². The summed E-state index contributed by atoms with van der Waals surface area (Å²) in [4.78, 5) is 25.4. The van der Waals surface area contributed by atoms with E-state index in [9.17, 15) is 18.0 Å². The predicted octanol–water partition coefficient (Wildman–Crippen LogP) is 5.26. The molecule has 0 unspecified atom stereocenters. The molecule has 0 saturated heterocycles. The third-order valence-electron chi connectivity index (χ3n) is 5.94. The van der Waals surface area contributed by atoms with Crippen LogP contribution in [0.4, 0.5) is 10.1 Å². The Morgan fingerprint density at radius 3 is 2.36 bits per heavy atom. The predicted molar refractivity (Wildman–Crippen MR) is 138 cm³/mol. The van der Waals surface area contributed by atoms with Crippen LogP contribution in [0.3, 0.4) is 0 Å². The zero-order valence-electron chi connectivity index (χ0n) is 19.7. The summed E-state index contributed by atoms with van der Waals surface area (Å²) in [5.41, 5.74) is 0.967. The van der Waals surface area contributed by atoms with Gasteiger partial charge in [0, 0.05) is 22.7 Å². The molecule has 1 fully saturated rings. The van der Waals surface area contributed by atoms with E-state index in [1.54, 1.807) is 43.3 Å². The van der Waals surface area contributed by atoms with Crippen molar-refractivity contribution in [3.8, 4) is 11.1 Å². The average molecular weight is 529 g/mol. The molecule has 0 radical (unpaired) electrons. The summed E-state index contributed by atoms with van der Waals surface area (Å²) in [6.07, 6.45) is 1.83. The van der Waals surface area contributed by atoms with E-state index < -0.39 is 27.5 Å². The van der Waals surface area contributed by atoms with Gasteiger partial charge in [0.2, 0.25) is 5.91 Å². The second-order valence-corrected chi connectivity index (χ2v) is 11.2. The smallest absolute Gasteiger partial charge is 0.254 e. The van der Waals surface area contributed by atoms with Gasteiger partial charge in [-0.05, 0) is 61.6 Å². The SMILES string of the molecule is CCNC(=O)c1ccc(NC(=O)Cc2ccc(S(=O)(=O)CC3CC3)cc2)c(-c2ccccc2Cl)c1F. The zero-order valence-corrected chi connectivity index (χ0v) is 21.3. The summed E-state index contributed by atoms with van der Waals surface area (Å²) in [7, 11) is -3.34. The minimum absolute atomic E-state index is 0.0132. The third-order valence-corrected chi connectivity index (χ3v) is 8.17. The highest BCUT2D eigenvalue weighted by atomic mass is 35.5. The molecule has 6 nitrogen and oxygen atoms in total. The number of carbonyl (C=O) groups is 2. The number of rotatable bonds is 9. The van der Waals surface area contributed by atoms with Crippen LogP contribution in [-0.4, -0.2) is 32.5 Å². The van der Waals surface area contributed by atoms with Crippen LogP contribution < -0.4 is 10.6 Å². The first-order valence-corrected chi connectivity index (χ1v) is 13.7. The fraction of sp³-hybridized carbons (Fsp3) is 0.259. The number of hydrogen-bond donors (Lipinski definition) is 2. The molecule has 0 bridgehead atoms. The lowest BCUT2D eigenvalue weighted by Gasteiger charge is -2.16. The van der Waals surface area contributed by atoms with Crippen LogP contribution in [0, 0.1) is 11.7 Å². The minimum Gasteiger partial charge on any atom is -0.352 e. The van der Waals surface area contributed by atoms with E-state index in [2.05, 4.69) is 10.6 Å². The van der Waals surface area contributed by atoms with Gasteiger partial charge in [-0.15, -0.1) is 0 Å². The molecule has 2 N–H and O–H groups in total. The van der Waals surface area contributed by atoms with Crippen LogP contribution in [0.5, 0.6) is 0 Å². The van der Waals surface area contributed by atoms with Gasteiger partial charge in [0.05, 0.1) is 28.3 Å². The van der Waals surface area contributed by atoms with Gasteiger partial charge in [0.15, 0.2) is 9.84 Å². The molecule has 1 aliphatic carbocycles. The van der Waals surface area contributed by atoms with Crippen LogP contribution in [-0.2, 0) is 21.1 Å². The first-order valence-electron chi connectivity index (χ1n) is 11.7. The molecular weight excluding hydrogens is 503 g/mol. The fourth-order valence-electron chi connectivity index (χ4n) is 3.92. The molecule has 0 heterocycles. The molecule has 2 amide bonds. The van der Waals surface area contributed by atoms with Crippen molar-refractivity contribution >= 4 is 38.9 Å². The molecule has 4 rings (SSSR count). The monoisotopic (exact) mass is 528 g/mol. The van der Waals surface area contributed by atoms with Crippen molar-refractivity contribution in [3.05, 3.63) is 82.6 Å². The van der Waals surface area contributed by atoms with E-state index in [1.807, 2.05) is 0 Å². The first-order chi connectivity index (χ1) is 17.2. The Kier molecular flexibility index (Phi) is 7.76. The van der Waals surface area contributed by atoms with Gasteiger partial charge in [-0.1, -0.05) is 41.9 Å². The van der Waals surface area contributed by atoms with Crippen molar-refractivity contribution in [1.82, 2.24) is 5.32 Å². The second-order valence-electron chi connectivity index (χ2n) is 8.78. The van der Waals surface area contributed by atoms with Gasteiger partial charge < -0.3 is 10.6 Å². The number of anilines is 1. The van der Waals surface area contributed by atoms with Crippen molar-refractivity contribution in [2.45, 2.75) is 31.1 Å². The van der Waals surface area contributed by atoms with Gasteiger partial charge in [-0.25, -0.2) is 12.8 Å². The highest BCUT2D eigenvalue weighted by Crippen LogP contribution is 2.37. The number of amides is 2. The third kappa shape index (κ3) is 5.94. The first kappa shape index (κ1) is 25.9. The Balaban J connectivity index is 1.58. The molecule has 1 aliphatic rings. The lowest BCUT2D eigenvalue weighted by molar-refractivity contribution is -0.115. The van der Waals surface area contributed by atoms with Crippen molar-refractivity contribution in [2.75, 3.05) is 17.6 Å².